The highest BCUT2D eigenvalue weighted by molar-refractivity contribution is 6.08. The van der Waals surface area contributed by atoms with Gasteiger partial charge in [-0.2, -0.15) is 0 Å². The zero-order valence-electron chi connectivity index (χ0n) is 13.1. The number of imide groups is 1. The van der Waals surface area contributed by atoms with E-state index in [2.05, 4.69) is 0 Å². The van der Waals surface area contributed by atoms with E-state index >= 15 is 0 Å². The van der Waals surface area contributed by atoms with E-state index in [-0.39, 0.29) is 29.6 Å². The summed E-state index contributed by atoms with van der Waals surface area (Å²) in [5, 5.41) is 1.35. The number of rotatable bonds is 2. The molecule has 1 saturated carbocycles. The van der Waals surface area contributed by atoms with E-state index in [1.165, 1.54) is 9.96 Å². The molecule has 6 heteroatoms. The Kier molecular flexibility index (Phi) is 4.47. The first-order valence-corrected chi connectivity index (χ1v) is 8.42. The number of likely N-dealkylation sites (tertiary alicyclic amines) is 1. The second kappa shape index (κ2) is 6.36. The lowest BCUT2D eigenvalue weighted by molar-refractivity contribution is -0.189. The van der Waals surface area contributed by atoms with Gasteiger partial charge in [-0.15, -0.1) is 0 Å². The number of carbonyl (C=O) groups excluding carboxylic acids is 3. The van der Waals surface area contributed by atoms with Crippen LogP contribution in [0, 0.1) is 11.8 Å². The fourth-order valence-corrected chi connectivity index (χ4v) is 3.84. The third-order valence-corrected chi connectivity index (χ3v) is 5.12. The molecule has 6 nitrogen and oxygen atoms in total. The quantitative estimate of drug-likeness (QED) is 0.725. The SMILES string of the molecule is CC(C(=O)N1CCCCCO1)N1C(=O)C2CCCCC2C1=O. The Labute approximate surface area is 130 Å². The first-order valence-electron chi connectivity index (χ1n) is 8.42. The third kappa shape index (κ3) is 2.64. The van der Waals surface area contributed by atoms with Gasteiger partial charge in [0.15, 0.2) is 0 Å². The predicted octanol–water partition coefficient (Wildman–Crippen LogP) is 1.49. The van der Waals surface area contributed by atoms with Gasteiger partial charge in [0, 0.05) is 6.54 Å². The van der Waals surface area contributed by atoms with Gasteiger partial charge in [-0.1, -0.05) is 12.8 Å². The molecule has 2 aliphatic heterocycles. The number of carbonyl (C=O) groups is 3. The average Bonchev–Trinajstić information content (AvgIpc) is 2.74. The van der Waals surface area contributed by atoms with Crippen molar-refractivity contribution in [3.05, 3.63) is 0 Å². The fourth-order valence-electron chi connectivity index (χ4n) is 3.84. The Morgan fingerprint density at radius 1 is 1.05 bits per heavy atom. The molecule has 3 fully saturated rings. The highest BCUT2D eigenvalue weighted by Gasteiger charge is 2.51. The van der Waals surface area contributed by atoms with Crippen molar-refractivity contribution in [3.63, 3.8) is 0 Å². The van der Waals surface area contributed by atoms with Crippen LogP contribution in [0.4, 0.5) is 0 Å². The van der Waals surface area contributed by atoms with Crippen molar-refractivity contribution in [2.45, 2.75) is 57.9 Å². The number of fused-ring (bicyclic) bond motifs is 1. The third-order valence-electron chi connectivity index (χ3n) is 5.12. The monoisotopic (exact) mass is 308 g/mol. The van der Waals surface area contributed by atoms with Crippen LogP contribution in [0.25, 0.3) is 0 Å². The zero-order chi connectivity index (χ0) is 15.7. The van der Waals surface area contributed by atoms with Gasteiger partial charge in [0.2, 0.25) is 11.8 Å². The predicted molar refractivity (Wildman–Crippen MR) is 78.3 cm³/mol. The summed E-state index contributed by atoms with van der Waals surface area (Å²) in [6.45, 7) is 2.70. The molecular formula is C16H24N2O4. The Morgan fingerprint density at radius 2 is 1.68 bits per heavy atom. The van der Waals surface area contributed by atoms with Crippen LogP contribution in [0.5, 0.6) is 0 Å². The van der Waals surface area contributed by atoms with Gasteiger partial charge in [0.05, 0.1) is 18.4 Å². The number of nitrogens with zero attached hydrogens (tertiary/aromatic N) is 2. The topological polar surface area (TPSA) is 66.9 Å². The van der Waals surface area contributed by atoms with Crippen molar-refractivity contribution in [2.75, 3.05) is 13.2 Å². The number of amides is 3. The van der Waals surface area contributed by atoms with Gasteiger partial charge >= 0.3 is 0 Å². The zero-order valence-corrected chi connectivity index (χ0v) is 13.1. The molecule has 22 heavy (non-hydrogen) atoms. The molecule has 122 valence electrons. The molecule has 0 spiro atoms. The molecule has 3 unspecified atom stereocenters. The van der Waals surface area contributed by atoms with E-state index in [4.69, 9.17) is 4.84 Å². The summed E-state index contributed by atoms with van der Waals surface area (Å²) in [4.78, 5) is 44.3. The summed E-state index contributed by atoms with van der Waals surface area (Å²) in [6, 6.07) is -0.760. The first-order chi connectivity index (χ1) is 10.6. The Bertz CT molecular complexity index is 447. The van der Waals surface area contributed by atoms with E-state index in [0.29, 0.717) is 13.2 Å². The molecule has 3 rings (SSSR count). The summed E-state index contributed by atoms with van der Waals surface area (Å²) in [5.41, 5.74) is 0. The standard InChI is InChI=1S/C16H24N2O4/c1-11(14(19)17-9-5-2-6-10-22-17)18-15(20)12-7-3-4-8-13(12)16(18)21/h11-13H,2-10H2,1H3. The molecule has 3 aliphatic rings. The van der Waals surface area contributed by atoms with E-state index in [1.807, 2.05) is 0 Å². The second-order valence-corrected chi connectivity index (χ2v) is 6.55. The lowest BCUT2D eigenvalue weighted by atomic mass is 9.81. The maximum atomic E-state index is 12.6. The van der Waals surface area contributed by atoms with Crippen LogP contribution in [0.1, 0.15) is 51.9 Å². The van der Waals surface area contributed by atoms with Crippen molar-refractivity contribution in [3.8, 4) is 0 Å². The molecule has 3 amide bonds. The smallest absolute Gasteiger partial charge is 0.269 e. The van der Waals surface area contributed by atoms with Crippen LogP contribution < -0.4 is 0 Å². The second-order valence-electron chi connectivity index (χ2n) is 6.55. The average molecular weight is 308 g/mol. The minimum absolute atomic E-state index is 0.162. The molecule has 0 aromatic rings. The molecule has 0 bridgehead atoms. The molecule has 3 atom stereocenters. The number of hydroxylamine groups is 2. The van der Waals surface area contributed by atoms with E-state index < -0.39 is 6.04 Å². The van der Waals surface area contributed by atoms with E-state index in [9.17, 15) is 14.4 Å². The molecule has 0 radical (unpaired) electrons. The minimum Gasteiger partial charge on any atom is -0.274 e. The molecule has 0 aromatic carbocycles. The van der Waals surface area contributed by atoms with Crippen molar-refractivity contribution in [1.82, 2.24) is 9.96 Å². The molecule has 0 N–H and O–H groups in total. The Balaban J connectivity index is 1.73. The summed E-state index contributed by atoms with van der Waals surface area (Å²) in [6.07, 6.45) is 6.39. The normalized spacial score (nSPS) is 31.0. The summed E-state index contributed by atoms with van der Waals surface area (Å²) in [5.74, 6) is -1.01. The molecule has 0 aromatic heterocycles. The van der Waals surface area contributed by atoms with Crippen LogP contribution in [-0.2, 0) is 19.2 Å². The molecule has 2 saturated heterocycles. The van der Waals surface area contributed by atoms with E-state index in [1.54, 1.807) is 6.92 Å². The van der Waals surface area contributed by atoms with Crippen molar-refractivity contribution in [2.24, 2.45) is 11.8 Å². The van der Waals surface area contributed by atoms with Gasteiger partial charge in [-0.25, -0.2) is 5.06 Å². The van der Waals surface area contributed by atoms with Crippen molar-refractivity contribution in [1.29, 1.82) is 0 Å². The minimum atomic E-state index is -0.760. The fraction of sp³-hybridized carbons (Fsp3) is 0.812. The van der Waals surface area contributed by atoms with Crippen LogP contribution >= 0.6 is 0 Å². The number of hydrogen-bond acceptors (Lipinski definition) is 4. The Hall–Kier alpha value is -1.43. The Morgan fingerprint density at radius 3 is 2.32 bits per heavy atom. The highest BCUT2D eigenvalue weighted by atomic mass is 16.7. The van der Waals surface area contributed by atoms with Gasteiger partial charge in [-0.3, -0.25) is 24.1 Å². The van der Waals surface area contributed by atoms with Crippen molar-refractivity contribution < 1.29 is 19.2 Å². The maximum Gasteiger partial charge on any atom is 0.269 e. The van der Waals surface area contributed by atoms with E-state index in [0.717, 1.165) is 44.9 Å². The highest BCUT2D eigenvalue weighted by Crippen LogP contribution is 2.39. The lowest BCUT2D eigenvalue weighted by Gasteiger charge is -2.27. The summed E-state index contributed by atoms with van der Waals surface area (Å²) in [7, 11) is 0. The lowest BCUT2D eigenvalue weighted by Crippen LogP contribution is -2.49. The van der Waals surface area contributed by atoms with Gasteiger partial charge in [0.25, 0.3) is 5.91 Å². The maximum absolute atomic E-state index is 12.6. The van der Waals surface area contributed by atoms with Crippen molar-refractivity contribution >= 4 is 17.7 Å². The van der Waals surface area contributed by atoms with Gasteiger partial charge in [-0.05, 0) is 39.0 Å². The molecule has 2 heterocycles. The van der Waals surface area contributed by atoms with Crippen LogP contribution in [0.3, 0.4) is 0 Å². The summed E-state index contributed by atoms with van der Waals surface area (Å²) < 4.78 is 0. The molecular weight excluding hydrogens is 284 g/mol. The van der Waals surface area contributed by atoms with Crippen LogP contribution in [-0.4, -0.2) is 46.9 Å². The van der Waals surface area contributed by atoms with Crippen LogP contribution in [0.15, 0.2) is 0 Å². The van der Waals surface area contributed by atoms with Crippen LogP contribution in [0.2, 0.25) is 0 Å². The molecule has 1 aliphatic carbocycles. The summed E-state index contributed by atoms with van der Waals surface area (Å²) >= 11 is 0. The van der Waals surface area contributed by atoms with Gasteiger partial charge < -0.3 is 0 Å². The number of hydrogen-bond donors (Lipinski definition) is 0. The van der Waals surface area contributed by atoms with Gasteiger partial charge in [0.1, 0.15) is 6.04 Å². The first kappa shape index (κ1) is 15.5. The largest absolute Gasteiger partial charge is 0.274 e.